The lowest BCUT2D eigenvalue weighted by molar-refractivity contribution is -0.117. The second-order valence-electron chi connectivity index (χ2n) is 6.38. The fourth-order valence-electron chi connectivity index (χ4n) is 3.18. The lowest BCUT2D eigenvalue weighted by atomic mass is 10.2. The molecule has 1 atom stereocenters. The van der Waals surface area contributed by atoms with Crippen molar-refractivity contribution in [3.05, 3.63) is 48.0 Å². The minimum atomic E-state index is -0.264. The predicted octanol–water partition coefficient (Wildman–Crippen LogP) is 2.64. The standard InChI is InChI=1S/C21H24N2O5/c1-4-28-17-8-5-14(6-9-17)21(25)22-15-11-20(24)23(13-15)16-7-10-18(26-2)19(12-16)27-3/h5-10,12,15H,4,11,13H2,1-3H3,(H,22,25)/t15-/m1/s1. The summed E-state index contributed by atoms with van der Waals surface area (Å²) in [5, 5.41) is 2.93. The van der Waals surface area contributed by atoms with E-state index in [2.05, 4.69) is 5.32 Å². The maximum Gasteiger partial charge on any atom is 0.251 e. The fraction of sp³-hybridized carbons (Fsp3) is 0.333. The summed E-state index contributed by atoms with van der Waals surface area (Å²) < 4.78 is 15.9. The molecule has 1 N–H and O–H groups in total. The second-order valence-corrected chi connectivity index (χ2v) is 6.38. The summed E-state index contributed by atoms with van der Waals surface area (Å²) in [6, 6.07) is 12.0. The van der Waals surface area contributed by atoms with Crippen molar-refractivity contribution in [1.29, 1.82) is 0 Å². The molecule has 0 aromatic heterocycles. The van der Waals surface area contributed by atoms with Gasteiger partial charge in [-0.1, -0.05) is 0 Å². The molecule has 28 heavy (non-hydrogen) atoms. The molecular formula is C21H24N2O5. The van der Waals surface area contributed by atoms with Gasteiger partial charge in [0.25, 0.3) is 5.91 Å². The van der Waals surface area contributed by atoms with Crippen LogP contribution < -0.4 is 24.4 Å². The zero-order valence-electron chi connectivity index (χ0n) is 16.2. The van der Waals surface area contributed by atoms with E-state index in [4.69, 9.17) is 14.2 Å². The lowest BCUT2D eigenvalue weighted by Gasteiger charge is -2.19. The van der Waals surface area contributed by atoms with Gasteiger partial charge in [0, 0.05) is 30.3 Å². The average Bonchev–Trinajstić information content (AvgIpc) is 3.08. The zero-order chi connectivity index (χ0) is 20.1. The largest absolute Gasteiger partial charge is 0.494 e. The SMILES string of the molecule is CCOc1ccc(C(=O)N[C@@H]2CC(=O)N(c3ccc(OC)c(OC)c3)C2)cc1. The molecule has 0 unspecified atom stereocenters. The molecule has 1 fully saturated rings. The number of ether oxygens (including phenoxy) is 3. The third-order valence-electron chi connectivity index (χ3n) is 4.57. The van der Waals surface area contributed by atoms with Crippen molar-refractivity contribution < 1.29 is 23.8 Å². The smallest absolute Gasteiger partial charge is 0.251 e. The number of nitrogens with zero attached hydrogens (tertiary/aromatic N) is 1. The van der Waals surface area contributed by atoms with E-state index in [9.17, 15) is 9.59 Å². The molecule has 7 nitrogen and oxygen atoms in total. The molecule has 2 aromatic rings. The molecule has 0 aliphatic carbocycles. The van der Waals surface area contributed by atoms with Crippen LogP contribution in [0, 0.1) is 0 Å². The zero-order valence-corrected chi connectivity index (χ0v) is 16.2. The van der Waals surface area contributed by atoms with Crippen molar-refractivity contribution in [1.82, 2.24) is 5.32 Å². The number of benzene rings is 2. The number of nitrogens with one attached hydrogen (secondary N) is 1. The van der Waals surface area contributed by atoms with Crippen molar-refractivity contribution in [2.75, 3.05) is 32.3 Å². The van der Waals surface area contributed by atoms with Crippen molar-refractivity contribution >= 4 is 17.5 Å². The number of amides is 2. The van der Waals surface area contributed by atoms with E-state index >= 15 is 0 Å². The van der Waals surface area contributed by atoms with Crippen LogP contribution in [0.3, 0.4) is 0 Å². The van der Waals surface area contributed by atoms with E-state index in [1.54, 1.807) is 61.6 Å². The lowest BCUT2D eigenvalue weighted by Crippen LogP contribution is -2.37. The number of rotatable bonds is 7. The summed E-state index contributed by atoms with van der Waals surface area (Å²) in [6.45, 7) is 2.88. The molecule has 0 bridgehead atoms. The van der Waals surface area contributed by atoms with Gasteiger partial charge in [0.2, 0.25) is 5.91 Å². The Hall–Kier alpha value is -3.22. The topological polar surface area (TPSA) is 77.1 Å². The van der Waals surface area contributed by atoms with Crippen LogP contribution in [0.15, 0.2) is 42.5 Å². The first-order chi connectivity index (χ1) is 13.5. The first-order valence-electron chi connectivity index (χ1n) is 9.11. The van der Waals surface area contributed by atoms with Crippen molar-refractivity contribution in [3.63, 3.8) is 0 Å². The van der Waals surface area contributed by atoms with Crippen LogP contribution in [-0.2, 0) is 4.79 Å². The Morgan fingerprint density at radius 1 is 1.11 bits per heavy atom. The summed E-state index contributed by atoms with van der Waals surface area (Å²) in [7, 11) is 3.11. The maximum atomic E-state index is 12.5. The first-order valence-corrected chi connectivity index (χ1v) is 9.11. The van der Waals surface area contributed by atoms with Crippen LogP contribution in [0.2, 0.25) is 0 Å². The molecule has 2 aromatic carbocycles. The van der Waals surface area contributed by atoms with Gasteiger partial charge in [0.1, 0.15) is 5.75 Å². The third-order valence-corrected chi connectivity index (χ3v) is 4.57. The summed E-state index contributed by atoms with van der Waals surface area (Å²) in [6.07, 6.45) is 0.247. The number of carbonyl (C=O) groups is 2. The van der Waals surface area contributed by atoms with Crippen LogP contribution in [0.1, 0.15) is 23.7 Å². The monoisotopic (exact) mass is 384 g/mol. The van der Waals surface area contributed by atoms with Gasteiger partial charge in [-0.3, -0.25) is 9.59 Å². The van der Waals surface area contributed by atoms with Crippen molar-refractivity contribution in [2.45, 2.75) is 19.4 Å². The Labute approximate surface area is 164 Å². The van der Waals surface area contributed by atoms with E-state index in [-0.39, 0.29) is 24.3 Å². The first kappa shape index (κ1) is 19.5. The third kappa shape index (κ3) is 4.19. The van der Waals surface area contributed by atoms with Gasteiger partial charge in [-0.15, -0.1) is 0 Å². The summed E-state index contributed by atoms with van der Waals surface area (Å²) in [5.41, 5.74) is 1.24. The number of carbonyl (C=O) groups excluding carboxylic acids is 2. The van der Waals surface area contributed by atoms with Gasteiger partial charge >= 0.3 is 0 Å². The van der Waals surface area contributed by atoms with Gasteiger partial charge < -0.3 is 24.4 Å². The van der Waals surface area contributed by atoms with E-state index < -0.39 is 0 Å². The van der Waals surface area contributed by atoms with E-state index in [1.165, 1.54) is 0 Å². The second kappa shape index (κ2) is 8.65. The number of hydrogen-bond donors (Lipinski definition) is 1. The Morgan fingerprint density at radius 2 is 1.82 bits per heavy atom. The Kier molecular flexibility index (Phi) is 6.03. The molecule has 7 heteroatoms. The van der Waals surface area contributed by atoms with Gasteiger partial charge in [-0.25, -0.2) is 0 Å². The van der Waals surface area contributed by atoms with Crippen LogP contribution in [0.25, 0.3) is 0 Å². The summed E-state index contributed by atoms with van der Waals surface area (Å²) >= 11 is 0. The molecule has 1 heterocycles. The normalized spacial score (nSPS) is 16.0. The average molecular weight is 384 g/mol. The number of anilines is 1. The van der Waals surface area contributed by atoms with E-state index in [0.717, 1.165) is 5.75 Å². The quantitative estimate of drug-likeness (QED) is 0.794. The van der Waals surface area contributed by atoms with E-state index in [1.807, 2.05) is 6.92 Å². The van der Waals surface area contributed by atoms with Crippen LogP contribution in [-0.4, -0.2) is 45.2 Å². The number of methoxy groups -OCH3 is 2. The summed E-state index contributed by atoms with van der Waals surface area (Å²) in [5.74, 6) is 1.60. The van der Waals surface area contributed by atoms with Gasteiger partial charge in [-0.05, 0) is 43.3 Å². The van der Waals surface area contributed by atoms with Crippen LogP contribution >= 0.6 is 0 Å². The highest BCUT2D eigenvalue weighted by Crippen LogP contribution is 2.33. The highest BCUT2D eigenvalue weighted by atomic mass is 16.5. The molecule has 1 aliphatic rings. The highest BCUT2D eigenvalue weighted by molar-refractivity contribution is 5.99. The van der Waals surface area contributed by atoms with Crippen LogP contribution in [0.4, 0.5) is 5.69 Å². The minimum absolute atomic E-state index is 0.0517. The molecule has 0 radical (unpaired) electrons. The minimum Gasteiger partial charge on any atom is -0.494 e. The Bertz CT molecular complexity index is 850. The molecule has 0 saturated carbocycles. The summed E-state index contributed by atoms with van der Waals surface area (Å²) in [4.78, 5) is 26.6. The molecule has 3 rings (SSSR count). The van der Waals surface area contributed by atoms with Crippen molar-refractivity contribution in [2.24, 2.45) is 0 Å². The maximum absolute atomic E-state index is 12.5. The molecule has 2 amide bonds. The Balaban J connectivity index is 1.66. The molecule has 148 valence electrons. The molecule has 0 spiro atoms. The molecule has 1 saturated heterocycles. The van der Waals surface area contributed by atoms with Gasteiger partial charge in [0.05, 0.1) is 26.9 Å². The van der Waals surface area contributed by atoms with Crippen LogP contribution in [0.5, 0.6) is 17.2 Å². The molecule has 1 aliphatic heterocycles. The van der Waals surface area contributed by atoms with Gasteiger partial charge in [-0.2, -0.15) is 0 Å². The fourth-order valence-corrected chi connectivity index (χ4v) is 3.18. The van der Waals surface area contributed by atoms with Gasteiger partial charge in [0.15, 0.2) is 11.5 Å². The molecular weight excluding hydrogens is 360 g/mol. The highest BCUT2D eigenvalue weighted by Gasteiger charge is 2.32. The number of hydrogen-bond acceptors (Lipinski definition) is 5. The Morgan fingerprint density at radius 3 is 2.46 bits per heavy atom. The van der Waals surface area contributed by atoms with E-state index in [0.29, 0.717) is 35.9 Å². The van der Waals surface area contributed by atoms with Crippen molar-refractivity contribution in [3.8, 4) is 17.2 Å². The predicted molar refractivity (Wildman–Crippen MR) is 105 cm³/mol.